The third-order valence-corrected chi connectivity index (χ3v) is 2.24. The highest BCUT2D eigenvalue weighted by atomic mass is 16.1. The summed E-state index contributed by atoms with van der Waals surface area (Å²) in [5.74, 6) is 0.551. The van der Waals surface area contributed by atoms with Crippen LogP contribution in [0, 0.1) is 5.92 Å². The van der Waals surface area contributed by atoms with E-state index >= 15 is 0 Å². The number of ketones is 1. The van der Waals surface area contributed by atoms with Crippen molar-refractivity contribution in [2.45, 2.75) is 32.7 Å². The first-order valence-corrected chi connectivity index (χ1v) is 5.26. The Bertz CT molecular complexity index is 309. The number of carbonyl (C=O) groups excluding carboxylic acids is 1. The first-order valence-electron chi connectivity index (χ1n) is 5.26. The Balaban J connectivity index is 2.49. The van der Waals surface area contributed by atoms with Gasteiger partial charge in [0.15, 0.2) is 5.78 Å². The Morgan fingerprint density at radius 2 is 2.27 bits per heavy atom. The van der Waals surface area contributed by atoms with E-state index in [0.29, 0.717) is 12.3 Å². The molecule has 0 amide bonds. The van der Waals surface area contributed by atoms with Crippen LogP contribution in [0.5, 0.6) is 0 Å². The average molecular weight is 206 g/mol. The number of nitrogens with two attached hydrogens (primary N) is 1. The maximum absolute atomic E-state index is 11.7. The second-order valence-corrected chi connectivity index (χ2v) is 4.24. The molecule has 3 heteroatoms. The maximum atomic E-state index is 11.7. The highest BCUT2D eigenvalue weighted by molar-refractivity contribution is 5.85. The van der Waals surface area contributed by atoms with Crippen molar-refractivity contribution in [3.8, 4) is 0 Å². The van der Waals surface area contributed by atoms with Gasteiger partial charge in [0, 0.05) is 18.8 Å². The molecule has 0 saturated heterocycles. The van der Waals surface area contributed by atoms with Crippen LogP contribution in [0.25, 0.3) is 0 Å². The Labute approximate surface area is 90.7 Å². The number of carbonyl (C=O) groups is 1. The molecule has 0 aliphatic heterocycles. The fraction of sp³-hybridized carbons (Fsp3) is 0.500. The summed E-state index contributed by atoms with van der Waals surface area (Å²) in [7, 11) is 0. The average Bonchev–Trinajstić information content (AvgIpc) is 2.18. The molecule has 0 radical (unpaired) electrons. The standard InChI is InChI=1S/C12H18N2O/c1-9(2)6-11(13)12(15)7-10-4-3-5-14-8-10/h3-5,8-9,11H,6-7,13H2,1-2H3. The van der Waals surface area contributed by atoms with Gasteiger partial charge in [-0.3, -0.25) is 9.78 Å². The highest BCUT2D eigenvalue weighted by Crippen LogP contribution is 2.06. The molecule has 82 valence electrons. The second kappa shape index (κ2) is 5.61. The van der Waals surface area contributed by atoms with E-state index in [2.05, 4.69) is 18.8 Å². The third-order valence-electron chi connectivity index (χ3n) is 2.24. The molecule has 0 aliphatic rings. The van der Waals surface area contributed by atoms with Gasteiger partial charge in [0.25, 0.3) is 0 Å². The molecule has 0 aliphatic carbocycles. The van der Waals surface area contributed by atoms with Gasteiger partial charge in [-0.2, -0.15) is 0 Å². The fourth-order valence-corrected chi connectivity index (χ4v) is 1.47. The lowest BCUT2D eigenvalue weighted by molar-refractivity contribution is -0.120. The summed E-state index contributed by atoms with van der Waals surface area (Å²) in [6, 6.07) is 3.38. The van der Waals surface area contributed by atoms with Crippen molar-refractivity contribution >= 4 is 5.78 Å². The van der Waals surface area contributed by atoms with Crippen molar-refractivity contribution in [1.82, 2.24) is 4.98 Å². The zero-order valence-corrected chi connectivity index (χ0v) is 9.31. The summed E-state index contributed by atoms with van der Waals surface area (Å²) < 4.78 is 0. The lowest BCUT2D eigenvalue weighted by Gasteiger charge is -2.12. The number of pyridine rings is 1. The van der Waals surface area contributed by atoms with Crippen LogP contribution in [0.2, 0.25) is 0 Å². The van der Waals surface area contributed by atoms with Gasteiger partial charge in [0.2, 0.25) is 0 Å². The van der Waals surface area contributed by atoms with E-state index in [-0.39, 0.29) is 11.8 Å². The van der Waals surface area contributed by atoms with Crippen LogP contribution in [0.3, 0.4) is 0 Å². The Morgan fingerprint density at radius 3 is 2.80 bits per heavy atom. The summed E-state index contributed by atoms with van der Waals surface area (Å²) in [6.07, 6.45) is 4.54. The molecular formula is C12H18N2O. The van der Waals surface area contributed by atoms with E-state index in [4.69, 9.17) is 5.73 Å². The molecule has 0 bridgehead atoms. The predicted molar refractivity (Wildman–Crippen MR) is 60.4 cm³/mol. The van der Waals surface area contributed by atoms with Crippen LogP contribution >= 0.6 is 0 Å². The molecule has 1 atom stereocenters. The first-order chi connectivity index (χ1) is 7.09. The zero-order chi connectivity index (χ0) is 11.3. The molecule has 1 heterocycles. The monoisotopic (exact) mass is 206 g/mol. The molecule has 0 saturated carbocycles. The zero-order valence-electron chi connectivity index (χ0n) is 9.31. The fourth-order valence-electron chi connectivity index (χ4n) is 1.47. The van der Waals surface area contributed by atoms with E-state index in [9.17, 15) is 4.79 Å². The van der Waals surface area contributed by atoms with E-state index in [1.807, 2.05) is 12.1 Å². The normalized spacial score (nSPS) is 12.8. The van der Waals surface area contributed by atoms with Gasteiger partial charge in [-0.15, -0.1) is 0 Å². The molecule has 0 fully saturated rings. The van der Waals surface area contributed by atoms with Crippen molar-refractivity contribution in [2.75, 3.05) is 0 Å². The lowest BCUT2D eigenvalue weighted by atomic mass is 9.98. The molecule has 1 rings (SSSR count). The predicted octanol–water partition coefficient (Wildman–Crippen LogP) is 1.57. The van der Waals surface area contributed by atoms with Crippen LogP contribution in [0.1, 0.15) is 25.8 Å². The van der Waals surface area contributed by atoms with Gasteiger partial charge in [-0.1, -0.05) is 19.9 Å². The SMILES string of the molecule is CC(C)CC(N)C(=O)Cc1cccnc1. The number of nitrogens with zero attached hydrogens (tertiary/aromatic N) is 1. The minimum atomic E-state index is -0.342. The van der Waals surface area contributed by atoms with Crippen molar-refractivity contribution in [3.05, 3.63) is 30.1 Å². The minimum absolute atomic E-state index is 0.0942. The summed E-state index contributed by atoms with van der Waals surface area (Å²) in [5.41, 5.74) is 6.73. The van der Waals surface area contributed by atoms with E-state index in [0.717, 1.165) is 12.0 Å². The van der Waals surface area contributed by atoms with Gasteiger partial charge in [0.05, 0.1) is 6.04 Å². The Morgan fingerprint density at radius 1 is 1.53 bits per heavy atom. The number of aromatic nitrogens is 1. The highest BCUT2D eigenvalue weighted by Gasteiger charge is 2.15. The van der Waals surface area contributed by atoms with E-state index in [1.165, 1.54) is 0 Å². The maximum Gasteiger partial charge on any atom is 0.153 e. The minimum Gasteiger partial charge on any atom is -0.321 e. The van der Waals surface area contributed by atoms with Crippen LogP contribution in [-0.4, -0.2) is 16.8 Å². The smallest absolute Gasteiger partial charge is 0.153 e. The molecule has 0 spiro atoms. The largest absolute Gasteiger partial charge is 0.321 e. The van der Waals surface area contributed by atoms with Crippen LogP contribution in [0.15, 0.2) is 24.5 Å². The first kappa shape index (κ1) is 11.9. The second-order valence-electron chi connectivity index (χ2n) is 4.24. The molecule has 1 aromatic rings. The Kier molecular flexibility index (Phi) is 4.43. The topological polar surface area (TPSA) is 56.0 Å². The molecule has 0 aromatic carbocycles. The van der Waals surface area contributed by atoms with Gasteiger partial charge >= 0.3 is 0 Å². The number of hydrogen-bond donors (Lipinski definition) is 1. The molecule has 1 unspecified atom stereocenters. The lowest BCUT2D eigenvalue weighted by Crippen LogP contribution is -2.33. The summed E-state index contributed by atoms with van der Waals surface area (Å²) in [4.78, 5) is 15.7. The van der Waals surface area contributed by atoms with Crippen molar-refractivity contribution in [2.24, 2.45) is 11.7 Å². The number of Topliss-reactive ketones (excluding diaryl/α,β-unsaturated/α-hetero) is 1. The van der Waals surface area contributed by atoms with Crippen molar-refractivity contribution in [1.29, 1.82) is 0 Å². The molecular weight excluding hydrogens is 188 g/mol. The van der Waals surface area contributed by atoms with Crippen LogP contribution < -0.4 is 5.73 Å². The van der Waals surface area contributed by atoms with Gasteiger partial charge in [0.1, 0.15) is 0 Å². The van der Waals surface area contributed by atoms with Crippen LogP contribution in [0.4, 0.5) is 0 Å². The summed E-state index contributed by atoms with van der Waals surface area (Å²) >= 11 is 0. The van der Waals surface area contributed by atoms with Gasteiger partial charge in [-0.25, -0.2) is 0 Å². The quantitative estimate of drug-likeness (QED) is 0.795. The van der Waals surface area contributed by atoms with Gasteiger partial charge < -0.3 is 5.73 Å². The number of hydrogen-bond acceptors (Lipinski definition) is 3. The van der Waals surface area contributed by atoms with Crippen molar-refractivity contribution in [3.63, 3.8) is 0 Å². The van der Waals surface area contributed by atoms with E-state index < -0.39 is 0 Å². The number of rotatable bonds is 5. The van der Waals surface area contributed by atoms with E-state index in [1.54, 1.807) is 12.4 Å². The summed E-state index contributed by atoms with van der Waals surface area (Å²) in [6.45, 7) is 4.13. The van der Waals surface area contributed by atoms with Crippen molar-refractivity contribution < 1.29 is 4.79 Å². The van der Waals surface area contributed by atoms with Gasteiger partial charge in [-0.05, 0) is 24.0 Å². The molecule has 3 nitrogen and oxygen atoms in total. The Hall–Kier alpha value is -1.22. The molecule has 2 N–H and O–H groups in total. The molecule has 1 aromatic heterocycles. The third kappa shape index (κ3) is 4.21. The van der Waals surface area contributed by atoms with Crippen LogP contribution in [-0.2, 0) is 11.2 Å². The molecule has 15 heavy (non-hydrogen) atoms. The summed E-state index contributed by atoms with van der Waals surface area (Å²) in [5, 5.41) is 0.